The Labute approximate surface area is 100 Å². The van der Waals surface area contributed by atoms with Gasteiger partial charge in [-0.05, 0) is 20.8 Å². The van der Waals surface area contributed by atoms with E-state index in [0.717, 1.165) is 0 Å². The Kier molecular flexibility index (Phi) is 2.40. The smallest absolute Gasteiger partial charge is 0.465 e. The second kappa shape index (κ2) is 3.35. The molecule has 2 saturated heterocycles. The predicted octanol–water partition coefficient (Wildman–Crippen LogP) is 1.27. The fraction of sp³-hybridized carbons (Fsp3) is 0.818. The summed E-state index contributed by atoms with van der Waals surface area (Å²) in [7, 11) is 0. The molecule has 2 fully saturated rings. The summed E-state index contributed by atoms with van der Waals surface area (Å²) < 4.78 is -0.0125. The van der Waals surface area contributed by atoms with Crippen molar-refractivity contribution >= 4 is 12.2 Å². The van der Waals surface area contributed by atoms with Crippen LogP contribution in [0, 0.1) is 5.92 Å². The summed E-state index contributed by atoms with van der Waals surface area (Å²) in [5.74, 6) is 0.196. The largest absolute Gasteiger partial charge is 0.514 e. The van der Waals surface area contributed by atoms with Gasteiger partial charge in [0.2, 0.25) is 0 Å². The summed E-state index contributed by atoms with van der Waals surface area (Å²) in [6.45, 7) is 7.06. The van der Waals surface area contributed by atoms with Crippen molar-refractivity contribution < 1.29 is 24.3 Å². The molecule has 0 aromatic rings. The molecular formula is C11H19N2O4+. The van der Waals surface area contributed by atoms with Crippen LogP contribution in [-0.2, 0) is 0 Å². The Morgan fingerprint density at radius 3 is 2.24 bits per heavy atom. The average molecular weight is 243 g/mol. The molecule has 0 aromatic carbocycles. The Morgan fingerprint density at radius 1 is 1.24 bits per heavy atom. The van der Waals surface area contributed by atoms with Crippen molar-refractivity contribution in [3.63, 3.8) is 0 Å². The van der Waals surface area contributed by atoms with Crippen molar-refractivity contribution in [3.8, 4) is 0 Å². The van der Waals surface area contributed by atoms with E-state index in [-0.39, 0.29) is 16.4 Å². The minimum atomic E-state index is -0.947. The number of quaternary nitrogens is 1. The standard InChI is InChI=1S/C11H18N2O4/c1-11(2,3)13(10(16)17)6-7-4-12(9(14)15)5-8(7)13/h7-8H,4-6H2,1-3H3,(H-,14,15,16,17)/p+1/t7-,8-,13?/m0/s1. The minimum Gasteiger partial charge on any atom is -0.465 e. The zero-order chi connectivity index (χ0) is 13.0. The monoisotopic (exact) mass is 243 g/mol. The van der Waals surface area contributed by atoms with E-state index in [1.165, 1.54) is 4.90 Å². The van der Waals surface area contributed by atoms with Crippen LogP contribution < -0.4 is 0 Å². The van der Waals surface area contributed by atoms with Gasteiger partial charge in [0.1, 0.15) is 11.6 Å². The van der Waals surface area contributed by atoms with E-state index in [1.54, 1.807) is 0 Å². The van der Waals surface area contributed by atoms with Crippen LogP contribution in [0.15, 0.2) is 0 Å². The van der Waals surface area contributed by atoms with Gasteiger partial charge >= 0.3 is 12.2 Å². The van der Waals surface area contributed by atoms with Crippen LogP contribution in [0.1, 0.15) is 20.8 Å². The molecule has 0 bridgehead atoms. The van der Waals surface area contributed by atoms with Crippen LogP contribution in [0.2, 0.25) is 0 Å². The predicted molar refractivity (Wildman–Crippen MR) is 59.8 cm³/mol. The molecule has 17 heavy (non-hydrogen) atoms. The molecule has 6 heteroatoms. The summed E-state index contributed by atoms with van der Waals surface area (Å²) >= 11 is 0. The average Bonchev–Trinajstić information content (AvgIpc) is 2.42. The third kappa shape index (κ3) is 1.43. The number of hydrogen-bond acceptors (Lipinski definition) is 2. The maximum absolute atomic E-state index is 11.6. The van der Waals surface area contributed by atoms with Gasteiger partial charge < -0.3 is 15.1 Å². The van der Waals surface area contributed by atoms with Crippen molar-refractivity contribution in [1.82, 2.24) is 4.90 Å². The SMILES string of the molecule is CC(C)(C)[N+]1(C(=O)O)C[C@@H]2CN(C(=O)O)C[C@@H]21. The first kappa shape index (κ1) is 12.2. The maximum Gasteiger partial charge on any atom is 0.514 e. The minimum absolute atomic E-state index is 0.0125. The third-order valence-electron chi connectivity index (χ3n) is 4.30. The molecule has 0 radical (unpaired) electrons. The molecule has 2 aliphatic heterocycles. The lowest BCUT2D eigenvalue weighted by Gasteiger charge is -2.56. The van der Waals surface area contributed by atoms with Crippen LogP contribution in [-0.4, -0.2) is 63.0 Å². The summed E-state index contributed by atoms with van der Waals surface area (Å²) in [6, 6.07) is -0.0939. The Hall–Kier alpha value is -1.30. The number of nitrogens with zero attached hydrogens (tertiary/aromatic N) is 2. The number of carbonyl (C=O) groups is 2. The van der Waals surface area contributed by atoms with Gasteiger partial charge in [0.25, 0.3) is 0 Å². The van der Waals surface area contributed by atoms with E-state index in [2.05, 4.69) is 0 Å². The van der Waals surface area contributed by atoms with Gasteiger partial charge in [-0.25, -0.2) is 9.28 Å². The lowest BCUT2D eigenvalue weighted by molar-refractivity contribution is -0.970. The van der Waals surface area contributed by atoms with Crippen LogP contribution >= 0.6 is 0 Å². The zero-order valence-corrected chi connectivity index (χ0v) is 10.4. The van der Waals surface area contributed by atoms with Gasteiger partial charge in [-0.15, -0.1) is 0 Å². The summed E-state index contributed by atoms with van der Waals surface area (Å²) in [5.41, 5.74) is -0.401. The molecular weight excluding hydrogens is 224 g/mol. The molecule has 2 N–H and O–H groups in total. The molecule has 2 amide bonds. The second-order valence-electron chi connectivity index (χ2n) is 6.02. The topological polar surface area (TPSA) is 77.8 Å². The van der Waals surface area contributed by atoms with Crippen molar-refractivity contribution in [2.45, 2.75) is 32.4 Å². The van der Waals surface area contributed by atoms with Gasteiger partial charge in [0.05, 0.1) is 19.0 Å². The fourth-order valence-electron chi connectivity index (χ4n) is 3.33. The maximum atomic E-state index is 11.6. The van der Waals surface area contributed by atoms with Crippen molar-refractivity contribution in [3.05, 3.63) is 0 Å². The number of rotatable bonds is 0. The Bertz CT molecular complexity index is 376. The molecule has 96 valence electrons. The molecule has 2 rings (SSSR count). The van der Waals surface area contributed by atoms with Crippen molar-refractivity contribution in [2.24, 2.45) is 5.92 Å². The highest BCUT2D eigenvalue weighted by molar-refractivity contribution is 5.66. The van der Waals surface area contributed by atoms with Gasteiger partial charge in [-0.2, -0.15) is 4.79 Å². The highest BCUT2D eigenvalue weighted by Crippen LogP contribution is 2.46. The molecule has 0 aromatic heterocycles. The van der Waals surface area contributed by atoms with Crippen molar-refractivity contribution in [2.75, 3.05) is 19.6 Å². The van der Waals surface area contributed by atoms with Gasteiger partial charge in [-0.1, -0.05) is 0 Å². The molecule has 2 aliphatic rings. The molecule has 1 unspecified atom stereocenters. The first-order valence-electron chi connectivity index (χ1n) is 5.79. The van der Waals surface area contributed by atoms with Crippen LogP contribution in [0.5, 0.6) is 0 Å². The summed E-state index contributed by atoms with van der Waals surface area (Å²) in [4.78, 5) is 23.8. The third-order valence-corrected chi connectivity index (χ3v) is 4.30. The highest BCUT2D eigenvalue weighted by Gasteiger charge is 2.68. The van der Waals surface area contributed by atoms with E-state index in [0.29, 0.717) is 19.6 Å². The van der Waals surface area contributed by atoms with E-state index in [9.17, 15) is 14.7 Å². The number of likely N-dealkylation sites (tertiary alicyclic amines) is 2. The van der Waals surface area contributed by atoms with Crippen molar-refractivity contribution in [1.29, 1.82) is 0 Å². The molecule has 0 spiro atoms. The molecule has 0 aliphatic carbocycles. The number of fused-ring (bicyclic) bond motifs is 1. The van der Waals surface area contributed by atoms with E-state index in [1.807, 2.05) is 20.8 Å². The van der Waals surface area contributed by atoms with Gasteiger partial charge in [-0.3, -0.25) is 0 Å². The Balaban J connectivity index is 2.26. The quantitative estimate of drug-likeness (QED) is 0.628. The van der Waals surface area contributed by atoms with Crippen LogP contribution in [0.3, 0.4) is 0 Å². The van der Waals surface area contributed by atoms with Crippen LogP contribution in [0.25, 0.3) is 0 Å². The van der Waals surface area contributed by atoms with E-state index >= 15 is 0 Å². The number of amides is 2. The Morgan fingerprint density at radius 2 is 1.82 bits per heavy atom. The van der Waals surface area contributed by atoms with E-state index in [4.69, 9.17) is 5.11 Å². The first-order chi connectivity index (χ1) is 7.70. The lowest BCUT2D eigenvalue weighted by Crippen LogP contribution is -2.79. The van der Waals surface area contributed by atoms with Gasteiger partial charge in [0.15, 0.2) is 0 Å². The van der Waals surface area contributed by atoms with Crippen LogP contribution in [0.4, 0.5) is 9.59 Å². The molecule has 3 atom stereocenters. The summed E-state index contributed by atoms with van der Waals surface area (Å²) in [5, 5.41) is 18.5. The molecule has 0 saturated carbocycles. The van der Waals surface area contributed by atoms with Gasteiger partial charge in [0, 0.05) is 6.54 Å². The second-order valence-corrected chi connectivity index (χ2v) is 6.02. The lowest BCUT2D eigenvalue weighted by atomic mass is 9.81. The highest BCUT2D eigenvalue weighted by atomic mass is 16.4. The van der Waals surface area contributed by atoms with E-state index < -0.39 is 17.7 Å². The number of carboxylic acid groups (broad SMARTS) is 2. The molecule has 2 heterocycles. The fourth-order valence-corrected chi connectivity index (χ4v) is 3.33. The summed E-state index contributed by atoms with van der Waals surface area (Å²) in [6.07, 6.45) is -1.79. The molecule has 6 nitrogen and oxygen atoms in total. The first-order valence-corrected chi connectivity index (χ1v) is 5.79. The normalized spacial score (nSPS) is 36.3. The zero-order valence-electron chi connectivity index (χ0n) is 10.4. The number of hydrogen-bond donors (Lipinski definition) is 2.